The molecule has 2 aromatic rings. The first-order valence-corrected chi connectivity index (χ1v) is 7.56. The number of hydrogen-bond donors (Lipinski definition) is 1. The van der Waals surface area contributed by atoms with E-state index in [2.05, 4.69) is 23.7 Å². The highest BCUT2D eigenvalue weighted by molar-refractivity contribution is 5.89. The van der Waals surface area contributed by atoms with Gasteiger partial charge in [0.1, 0.15) is 0 Å². The minimum absolute atomic E-state index is 0.370. The molecule has 0 saturated carbocycles. The van der Waals surface area contributed by atoms with Crippen molar-refractivity contribution in [3.8, 4) is 0 Å². The maximum absolute atomic E-state index is 11.4. The summed E-state index contributed by atoms with van der Waals surface area (Å²) < 4.78 is 0. The van der Waals surface area contributed by atoms with Crippen LogP contribution in [0.25, 0.3) is 0 Å². The number of carboxylic acids is 1. The number of aromatic carboxylic acids is 1. The van der Waals surface area contributed by atoms with Gasteiger partial charge in [-0.2, -0.15) is 0 Å². The van der Waals surface area contributed by atoms with Crippen LogP contribution in [0.3, 0.4) is 0 Å². The maximum Gasteiger partial charge on any atom is 0.336 e. The van der Waals surface area contributed by atoms with E-state index < -0.39 is 5.97 Å². The van der Waals surface area contributed by atoms with E-state index in [4.69, 9.17) is 0 Å². The predicted octanol–water partition coefficient (Wildman–Crippen LogP) is 3.58. The lowest BCUT2D eigenvalue weighted by Gasteiger charge is -2.29. The van der Waals surface area contributed by atoms with E-state index in [1.165, 1.54) is 5.56 Å². The van der Waals surface area contributed by atoms with Crippen molar-refractivity contribution in [3.05, 3.63) is 65.5 Å². The van der Waals surface area contributed by atoms with E-state index in [-0.39, 0.29) is 0 Å². The fourth-order valence-corrected chi connectivity index (χ4v) is 2.43. The lowest BCUT2D eigenvalue weighted by Crippen LogP contribution is -2.32. The molecule has 1 unspecified atom stereocenters. The molecule has 0 saturated heterocycles. The minimum atomic E-state index is -0.872. The Bertz CT molecular complexity index is 613. The molecule has 2 rings (SSSR count). The Balaban J connectivity index is 2.22. The van der Waals surface area contributed by atoms with E-state index in [0.717, 1.165) is 18.5 Å². The van der Waals surface area contributed by atoms with Crippen molar-refractivity contribution in [1.82, 2.24) is 9.88 Å². The normalized spacial score (nSPS) is 12.3. The number of carboxylic acid groups (broad SMARTS) is 1. The second-order valence-electron chi connectivity index (χ2n) is 5.48. The van der Waals surface area contributed by atoms with Gasteiger partial charge in [0, 0.05) is 31.5 Å². The van der Waals surface area contributed by atoms with Gasteiger partial charge in [-0.1, -0.05) is 25.1 Å². The van der Waals surface area contributed by atoms with E-state index in [1.54, 1.807) is 24.5 Å². The summed E-state index contributed by atoms with van der Waals surface area (Å²) in [6, 6.07) is 11.6. The molecule has 0 spiro atoms. The average Bonchev–Trinajstić information content (AvgIpc) is 2.54. The zero-order valence-electron chi connectivity index (χ0n) is 13.1. The molecular weight excluding hydrogens is 276 g/mol. The number of benzene rings is 1. The summed E-state index contributed by atoms with van der Waals surface area (Å²) in [5.74, 6) is -0.872. The summed E-state index contributed by atoms with van der Waals surface area (Å²) in [6.07, 6.45) is 4.59. The summed E-state index contributed by atoms with van der Waals surface area (Å²) in [6.45, 7) is 5.73. The van der Waals surface area contributed by atoms with Crippen LogP contribution >= 0.6 is 0 Å². The fraction of sp³-hybridized carbons (Fsp3) is 0.333. The molecule has 0 amide bonds. The lowest BCUT2D eigenvalue weighted by molar-refractivity contribution is 0.0693. The van der Waals surface area contributed by atoms with Crippen molar-refractivity contribution < 1.29 is 9.90 Å². The third kappa shape index (κ3) is 4.15. The van der Waals surface area contributed by atoms with Gasteiger partial charge in [-0.15, -0.1) is 0 Å². The van der Waals surface area contributed by atoms with Gasteiger partial charge in [-0.25, -0.2) is 4.79 Å². The van der Waals surface area contributed by atoms with Crippen LogP contribution < -0.4 is 0 Å². The number of nitrogens with zero attached hydrogens (tertiary/aromatic N) is 2. The summed E-state index contributed by atoms with van der Waals surface area (Å²) >= 11 is 0. The SMILES string of the molecule is CCC(C)N(Cc1ccncc1)Cc1ccccc1C(=O)O. The van der Waals surface area contributed by atoms with Crippen LogP contribution in [0.1, 0.15) is 41.8 Å². The molecule has 4 nitrogen and oxygen atoms in total. The molecule has 1 heterocycles. The van der Waals surface area contributed by atoms with Crippen molar-refractivity contribution in [2.24, 2.45) is 0 Å². The number of hydrogen-bond acceptors (Lipinski definition) is 3. The van der Waals surface area contributed by atoms with Gasteiger partial charge < -0.3 is 5.11 Å². The van der Waals surface area contributed by atoms with Crippen molar-refractivity contribution in [2.45, 2.75) is 39.4 Å². The lowest BCUT2D eigenvalue weighted by atomic mass is 10.1. The Morgan fingerprint density at radius 3 is 2.50 bits per heavy atom. The molecule has 0 aliphatic rings. The van der Waals surface area contributed by atoms with E-state index in [1.807, 2.05) is 24.3 Å². The molecule has 0 aliphatic heterocycles. The largest absolute Gasteiger partial charge is 0.478 e. The van der Waals surface area contributed by atoms with Gasteiger partial charge in [0.05, 0.1) is 5.56 Å². The molecule has 0 bridgehead atoms. The van der Waals surface area contributed by atoms with Crippen molar-refractivity contribution >= 4 is 5.97 Å². The third-order valence-electron chi connectivity index (χ3n) is 3.97. The standard InChI is InChI=1S/C18H22N2O2/c1-3-14(2)20(12-15-8-10-19-11-9-15)13-16-6-4-5-7-17(16)18(21)22/h4-11,14H,3,12-13H2,1-2H3,(H,21,22). The van der Waals surface area contributed by atoms with Crippen LogP contribution in [0.15, 0.2) is 48.8 Å². The molecule has 0 radical (unpaired) electrons. The van der Waals surface area contributed by atoms with E-state index in [0.29, 0.717) is 18.2 Å². The zero-order chi connectivity index (χ0) is 15.9. The zero-order valence-corrected chi connectivity index (χ0v) is 13.1. The van der Waals surface area contributed by atoms with Gasteiger partial charge in [0.15, 0.2) is 0 Å². The average molecular weight is 298 g/mol. The monoisotopic (exact) mass is 298 g/mol. The highest BCUT2D eigenvalue weighted by Crippen LogP contribution is 2.17. The molecule has 1 aromatic carbocycles. The van der Waals surface area contributed by atoms with Crippen LogP contribution in [-0.2, 0) is 13.1 Å². The van der Waals surface area contributed by atoms with Crippen LogP contribution in [0.2, 0.25) is 0 Å². The second-order valence-corrected chi connectivity index (χ2v) is 5.48. The van der Waals surface area contributed by atoms with Crippen LogP contribution in [0, 0.1) is 0 Å². The predicted molar refractivity (Wildman–Crippen MR) is 86.6 cm³/mol. The Hall–Kier alpha value is -2.20. The molecule has 4 heteroatoms. The molecule has 22 heavy (non-hydrogen) atoms. The van der Waals surface area contributed by atoms with Crippen molar-refractivity contribution in [1.29, 1.82) is 0 Å². The van der Waals surface area contributed by atoms with Gasteiger partial charge in [0.2, 0.25) is 0 Å². The molecule has 0 aliphatic carbocycles. The first kappa shape index (κ1) is 16.2. The smallest absolute Gasteiger partial charge is 0.336 e. The maximum atomic E-state index is 11.4. The Morgan fingerprint density at radius 1 is 1.18 bits per heavy atom. The Labute approximate surface area is 131 Å². The summed E-state index contributed by atoms with van der Waals surface area (Å²) in [5.41, 5.74) is 2.41. The van der Waals surface area contributed by atoms with Crippen molar-refractivity contribution in [2.75, 3.05) is 0 Å². The quantitative estimate of drug-likeness (QED) is 0.849. The van der Waals surface area contributed by atoms with E-state index in [9.17, 15) is 9.90 Å². The number of aromatic nitrogens is 1. The number of pyridine rings is 1. The summed E-state index contributed by atoms with van der Waals surface area (Å²) in [5, 5.41) is 9.34. The number of rotatable bonds is 7. The first-order chi connectivity index (χ1) is 10.6. The highest BCUT2D eigenvalue weighted by Gasteiger charge is 2.17. The summed E-state index contributed by atoms with van der Waals surface area (Å²) in [7, 11) is 0. The first-order valence-electron chi connectivity index (χ1n) is 7.56. The Kier molecular flexibility index (Phi) is 5.67. The second kappa shape index (κ2) is 7.71. The van der Waals surface area contributed by atoms with Gasteiger partial charge in [0.25, 0.3) is 0 Å². The van der Waals surface area contributed by atoms with Gasteiger partial charge in [-0.05, 0) is 42.7 Å². The van der Waals surface area contributed by atoms with Gasteiger partial charge in [-0.3, -0.25) is 9.88 Å². The minimum Gasteiger partial charge on any atom is -0.478 e. The highest BCUT2D eigenvalue weighted by atomic mass is 16.4. The van der Waals surface area contributed by atoms with Crippen molar-refractivity contribution in [3.63, 3.8) is 0 Å². The van der Waals surface area contributed by atoms with E-state index >= 15 is 0 Å². The van der Waals surface area contributed by atoms with Crippen LogP contribution in [0.5, 0.6) is 0 Å². The van der Waals surface area contributed by atoms with Crippen LogP contribution in [-0.4, -0.2) is 27.0 Å². The van der Waals surface area contributed by atoms with Crippen LogP contribution in [0.4, 0.5) is 0 Å². The molecule has 0 fully saturated rings. The van der Waals surface area contributed by atoms with Gasteiger partial charge >= 0.3 is 5.97 Å². The topological polar surface area (TPSA) is 53.4 Å². The molecule has 1 aromatic heterocycles. The number of carbonyl (C=O) groups is 1. The third-order valence-corrected chi connectivity index (χ3v) is 3.97. The fourth-order valence-electron chi connectivity index (χ4n) is 2.43. The molecule has 1 atom stereocenters. The molecular formula is C18H22N2O2. The summed E-state index contributed by atoms with van der Waals surface area (Å²) in [4.78, 5) is 17.7. The molecule has 1 N–H and O–H groups in total. The Morgan fingerprint density at radius 2 is 1.86 bits per heavy atom. The molecule has 116 valence electrons.